The molecule has 0 fully saturated rings. The number of hydrogen-bond donors (Lipinski definition) is 1. The van der Waals surface area contributed by atoms with Gasteiger partial charge in [-0.05, 0) is 41.4 Å². The molecule has 2 rings (SSSR count). The lowest BCUT2D eigenvalue weighted by Crippen LogP contribution is -2.12. The fourth-order valence-electron chi connectivity index (χ4n) is 3.32. The average molecular weight is 245 g/mol. The first-order chi connectivity index (χ1) is 8.45. The summed E-state index contributed by atoms with van der Waals surface area (Å²) in [6.07, 6.45) is 3.58. The van der Waals surface area contributed by atoms with Gasteiger partial charge in [-0.1, -0.05) is 39.3 Å². The lowest BCUT2D eigenvalue weighted by atomic mass is 9.85. The monoisotopic (exact) mass is 245 g/mol. The first-order valence-electron chi connectivity index (χ1n) is 6.86. The van der Waals surface area contributed by atoms with Crippen LogP contribution in [0.5, 0.6) is 0 Å². The van der Waals surface area contributed by atoms with Crippen LogP contribution in [-0.4, -0.2) is 5.91 Å². The summed E-state index contributed by atoms with van der Waals surface area (Å²) < 4.78 is 0. The molecule has 0 aliphatic heterocycles. The molecule has 1 amide bonds. The molecule has 1 aliphatic rings. The quantitative estimate of drug-likeness (QED) is 0.849. The standard InChI is InChI=1S/C16H23NO/c1-5-7-12-10-16(3,4)13-8-6-9-14(15(12)13)17-11(2)18/h6,8-9,12H,5,7,10H2,1-4H3,(H,17,18). The lowest BCUT2D eigenvalue weighted by molar-refractivity contribution is -0.114. The van der Waals surface area contributed by atoms with Gasteiger partial charge in [0.25, 0.3) is 0 Å². The second-order valence-corrected chi connectivity index (χ2v) is 6.02. The van der Waals surface area contributed by atoms with Gasteiger partial charge in [0.2, 0.25) is 5.91 Å². The third kappa shape index (κ3) is 2.29. The van der Waals surface area contributed by atoms with Crippen LogP contribution in [0, 0.1) is 0 Å². The highest BCUT2D eigenvalue weighted by Gasteiger charge is 2.37. The van der Waals surface area contributed by atoms with Gasteiger partial charge in [-0.25, -0.2) is 0 Å². The summed E-state index contributed by atoms with van der Waals surface area (Å²) >= 11 is 0. The number of hydrogen-bond acceptors (Lipinski definition) is 1. The topological polar surface area (TPSA) is 29.1 Å². The van der Waals surface area contributed by atoms with Crippen LogP contribution in [0.4, 0.5) is 5.69 Å². The Hall–Kier alpha value is -1.31. The summed E-state index contributed by atoms with van der Waals surface area (Å²) in [5.74, 6) is 0.603. The number of fused-ring (bicyclic) bond motifs is 1. The number of rotatable bonds is 3. The number of anilines is 1. The van der Waals surface area contributed by atoms with Crippen molar-refractivity contribution < 1.29 is 4.79 Å². The molecule has 0 aromatic heterocycles. The van der Waals surface area contributed by atoms with Crippen molar-refractivity contribution >= 4 is 11.6 Å². The van der Waals surface area contributed by atoms with Crippen molar-refractivity contribution in [3.8, 4) is 0 Å². The molecule has 2 heteroatoms. The van der Waals surface area contributed by atoms with Crippen LogP contribution >= 0.6 is 0 Å². The Bertz CT molecular complexity index is 462. The molecule has 0 spiro atoms. The van der Waals surface area contributed by atoms with Gasteiger partial charge in [-0.3, -0.25) is 4.79 Å². The fraction of sp³-hybridized carbons (Fsp3) is 0.562. The SMILES string of the molecule is CCCC1CC(C)(C)c2cccc(NC(C)=O)c21. The highest BCUT2D eigenvalue weighted by Crippen LogP contribution is 2.50. The van der Waals surface area contributed by atoms with Crippen molar-refractivity contribution in [2.75, 3.05) is 5.32 Å². The highest BCUT2D eigenvalue weighted by molar-refractivity contribution is 5.90. The average Bonchev–Trinajstić information content (AvgIpc) is 2.52. The van der Waals surface area contributed by atoms with Gasteiger partial charge in [-0.15, -0.1) is 0 Å². The van der Waals surface area contributed by atoms with E-state index in [-0.39, 0.29) is 11.3 Å². The van der Waals surface area contributed by atoms with E-state index < -0.39 is 0 Å². The molecular weight excluding hydrogens is 222 g/mol. The minimum absolute atomic E-state index is 0.0170. The molecule has 1 aliphatic carbocycles. The van der Waals surface area contributed by atoms with E-state index in [1.165, 1.54) is 30.4 Å². The minimum Gasteiger partial charge on any atom is -0.326 e. The molecule has 2 nitrogen and oxygen atoms in total. The van der Waals surface area contributed by atoms with Gasteiger partial charge >= 0.3 is 0 Å². The maximum absolute atomic E-state index is 11.3. The zero-order valence-corrected chi connectivity index (χ0v) is 11.8. The van der Waals surface area contributed by atoms with Crippen LogP contribution in [0.2, 0.25) is 0 Å². The first-order valence-corrected chi connectivity index (χ1v) is 6.86. The Balaban J connectivity index is 2.48. The Kier molecular flexibility index (Phi) is 3.47. The Morgan fingerprint density at radius 1 is 1.44 bits per heavy atom. The Morgan fingerprint density at radius 3 is 2.78 bits per heavy atom. The van der Waals surface area contributed by atoms with Gasteiger partial charge in [0.05, 0.1) is 0 Å². The smallest absolute Gasteiger partial charge is 0.221 e. The Labute approximate surface area is 110 Å². The molecule has 1 unspecified atom stereocenters. The van der Waals surface area contributed by atoms with E-state index in [4.69, 9.17) is 0 Å². The van der Waals surface area contributed by atoms with Crippen LogP contribution in [0.15, 0.2) is 18.2 Å². The normalized spacial score (nSPS) is 20.6. The third-order valence-electron chi connectivity index (χ3n) is 3.95. The van der Waals surface area contributed by atoms with Crippen LogP contribution in [0.25, 0.3) is 0 Å². The summed E-state index contributed by atoms with van der Waals surface area (Å²) in [5, 5.41) is 2.99. The summed E-state index contributed by atoms with van der Waals surface area (Å²) in [6, 6.07) is 6.31. The van der Waals surface area contributed by atoms with E-state index in [9.17, 15) is 4.79 Å². The highest BCUT2D eigenvalue weighted by atomic mass is 16.1. The van der Waals surface area contributed by atoms with E-state index in [0.717, 1.165) is 5.69 Å². The molecule has 98 valence electrons. The summed E-state index contributed by atoms with van der Waals surface area (Å²) in [5.41, 5.74) is 4.03. The van der Waals surface area contributed by atoms with Crippen molar-refractivity contribution in [1.29, 1.82) is 0 Å². The maximum Gasteiger partial charge on any atom is 0.221 e. The van der Waals surface area contributed by atoms with Crippen molar-refractivity contribution in [2.45, 2.75) is 58.3 Å². The maximum atomic E-state index is 11.3. The van der Waals surface area contributed by atoms with Crippen LogP contribution in [-0.2, 0) is 10.2 Å². The van der Waals surface area contributed by atoms with Crippen molar-refractivity contribution in [3.63, 3.8) is 0 Å². The number of benzene rings is 1. The largest absolute Gasteiger partial charge is 0.326 e. The van der Waals surface area contributed by atoms with Crippen molar-refractivity contribution in [2.24, 2.45) is 0 Å². The van der Waals surface area contributed by atoms with Gasteiger partial charge < -0.3 is 5.32 Å². The van der Waals surface area contributed by atoms with E-state index >= 15 is 0 Å². The Morgan fingerprint density at radius 2 is 2.17 bits per heavy atom. The molecular formula is C16H23NO. The number of nitrogens with one attached hydrogen (secondary N) is 1. The van der Waals surface area contributed by atoms with Crippen LogP contribution < -0.4 is 5.32 Å². The third-order valence-corrected chi connectivity index (χ3v) is 3.95. The molecule has 0 bridgehead atoms. The van der Waals surface area contributed by atoms with Gasteiger partial charge in [0, 0.05) is 12.6 Å². The summed E-state index contributed by atoms with van der Waals surface area (Å²) in [6.45, 7) is 8.42. The molecule has 0 saturated heterocycles. The van der Waals surface area contributed by atoms with Gasteiger partial charge in [-0.2, -0.15) is 0 Å². The molecule has 1 N–H and O–H groups in total. The van der Waals surface area contributed by atoms with Crippen LogP contribution in [0.1, 0.15) is 64.0 Å². The van der Waals surface area contributed by atoms with Crippen molar-refractivity contribution in [3.05, 3.63) is 29.3 Å². The minimum atomic E-state index is 0.0170. The zero-order valence-electron chi connectivity index (χ0n) is 11.8. The van der Waals surface area contributed by atoms with E-state index in [1.54, 1.807) is 6.92 Å². The van der Waals surface area contributed by atoms with Gasteiger partial charge in [0.15, 0.2) is 0 Å². The molecule has 0 radical (unpaired) electrons. The predicted octanol–water partition coefficient (Wildman–Crippen LogP) is 4.21. The zero-order chi connectivity index (χ0) is 13.3. The number of amides is 1. The molecule has 0 saturated carbocycles. The summed E-state index contributed by atoms with van der Waals surface area (Å²) in [4.78, 5) is 11.3. The predicted molar refractivity (Wildman–Crippen MR) is 76.0 cm³/mol. The lowest BCUT2D eigenvalue weighted by Gasteiger charge is -2.19. The van der Waals surface area contributed by atoms with E-state index in [2.05, 4.69) is 38.2 Å². The summed E-state index contributed by atoms with van der Waals surface area (Å²) in [7, 11) is 0. The van der Waals surface area contributed by atoms with E-state index in [0.29, 0.717) is 5.92 Å². The molecule has 18 heavy (non-hydrogen) atoms. The number of carbonyl (C=O) groups is 1. The second-order valence-electron chi connectivity index (χ2n) is 6.02. The number of carbonyl (C=O) groups excluding carboxylic acids is 1. The van der Waals surface area contributed by atoms with Crippen LogP contribution in [0.3, 0.4) is 0 Å². The van der Waals surface area contributed by atoms with E-state index in [1.807, 2.05) is 6.07 Å². The first kappa shape index (κ1) is 13.1. The molecule has 1 atom stereocenters. The molecule has 1 aromatic rings. The molecule has 0 heterocycles. The second kappa shape index (κ2) is 4.75. The molecule has 1 aromatic carbocycles. The van der Waals surface area contributed by atoms with Gasteiger partial charge in [0.1, 0.15) is 0 Å². The fourth-order valence-corrected chi connectivity index (χ4v) is 3.32. The van der Waals surface area contributed by atoms with Crippen molar-refractivity contribution in [1.82, 2.24) is 0 Å².